The molecule has 0 radical (unpaired) electrons. The SMILES string of the molecule is CCCN1CCN(CC(O)COCCC[Si](C)(C)O[Si](C)(C)CC[Si](C)(C)C)CC1.C[Si](C)(C)CC[Si](C)(C)O[Si](C)(C)CCCOCC1CO1.OCCN1CCCCC1. The first-order valence-corrected chi connectivity index (χ1v) is 44.3. The Balaban J connectivity index is 0.000000514. The van der Waals surface area contributed by atoms with Crippen LogP contribution in [0.25, 0.3) is 0 Å². The number of aliphatic hydroxyl groups is 2. The van der Waals surface area contributed by atoms with Crippen molar-refractivity contribution in [2.24, 2.45) is 0 Å². The van der Waals surface area contributed by atoms with Crippen LogP contribution in [0, 0.1) is 0 Å². The molecular formula is C44H103N3O7Si6. The molecule has 3 fully saturated rings. The summed E-state index contributed by atoms with van der Waals surface area (Å²) < 4.78 is 30.0. The Hall–Kier alpha value is 0.901. The van der Waals surface area contributed by atoms with Gasteiger partial charge in [0.2, 0.25) is 0 Å². The molecule has 0 saturated carbocycles. The van der Waals surface area contributed by atoms with E-state index in [0.717, 1.165) is 84.6 Å². The fourth-order valence-corrected chi connectivity index (χ4v) is 34.4. The van der Waals surface area contributed by atoms with E-state index in [1.54, 1.807) is 0 Å². The lowest BCUT2D eigenvalue weighted by molar-refractivity contribution is 0.00726. The number of hydrogen-bond donors (Lipinski definition) is 2. The summed E-state index contributed by atoms with van der Waals surface area (Å²) >= 11 is 0. The predicted molar refractivity (Wildman–Crippen MR) is 275 cm³/mol. The Labute approximate surface area is 379 Å². The number of hydrogen-bond acceptors (Lipinski definition) is 10. The van der Waals surface area contributed by atoms with Gasteiger partial charge in [-0.1, -0.05) is 64.7 Å². The zero-order valence-electron chi connectivity index (χ0n) is 42.5. The molecule has 0 aromatic carbocycles. The normalized spacial score (nSPS) is 19.6. The predicted octanol–water partition coefficient (Wildman–Crippen LogP) is 9.57. The highest BCUT2D eigenvalue weighted by Crippen LogP contribution is 2.28. The minimum atomic E-state index is -1.64. The molecule has 3 heterocycles. The zero-order chi connectivity index (χ0) is 45.5. The summed E-state index contributed by atoms with van der Waals surface area (Å²) in [5.74, 6) is 0. The summed E-state index contributed by atoms with van der Waals surface area (Å²) in [4.78, 5) is 7.21. The monoisotopic (exact) mass is 954 g/mol. The number of β-amino-alcohol motifs (C(OH)–C–C–N with tert-alkyl or cyclic N) is 2. The van der Waals surface area contributed by atoms with E-state index >= 15 is 0 Å². The Bertz CT molecular complexity index is 1080. The summed E-state index contributed by atoms with van der Waals surface area (Å²) in [7, 11) is -8.16. The maximum atomic E-state index is 10.3. The van der Waals surface area contributed by atoms with Gasteiger partial charge in [0.1, 0.15) is 6.10 Å². The van der Waals surface area contributed by atoms with Crippen LogP contribution in [0.1, 0.15) is 45.4 Å². The van der Waals surface area contributed by atoms with Gasteiger partial charge in [-0.05, 0) is 128 Å². The van der Waals surface area contributed by atoms with Gasteiger partial charge in [-0.2, -0.15) is 0 Å². The van der Waals surface area contributed by atoms with Crippen LogP contribution in [0.15, 0.2) is 0 Å². The van der Waals surface area contributed by atoms with Crippen LogP contribution in [-0.4, -0.2) is 185 Å². The fraction of sp³-hybridized carbons (Fsp3) is 1.00. The molecule has 3 aliphatic rings. The molecule has 3 saturated heterocycles. The Morgan fingerprint density at radius 2 is 1.00 bits per heavy atom. The van der Waals surface area contributed by atoms with Crippen LogP contribution in [0.5, 0.6) is 0 Å². The minimum Gasteiger partial charge on any atom is -0.456 e. The van der Waals surface area contributed by atoms with E-state index < -0.39 is 49.4 Å². The molecular weight excluding hydrogens is 851 g/mol. The van der Waals surface area contributed by atoms with Crippen LogP contribution in [0.2, 0.25) is 128 Å². The summed E-state index contributed by atoms with van der Waals surface area (Å²) in [6.07, 6.45) is 7.42. The maximum absolute atomic E-state index is 10.3. The molecule has 0 aliphatic carbocycles. The number of epoxide rings is 1. The van der Waals surface area contributed by atoms with Crippen LogP contribution < -0.4 is 0 Å². The lowest BCUT2D eigenvalue weighted by atomic mass is 10.1. The Kier molecular flexibility index (Phi) is 29.0. The van der Waals surface area contributed by atoms with Gasteiger partial charge < -0.3 is 42.5 Å². The van der Waals surface area contributed by atoms with Crippen molar-refractivity contribution >= 4 is 49.4 Å². The van der Waals surface area contributed by atoms with Gasteiger partial charge in [-0.25, -0.2) is 0 Å². The average molecular weight is 955 g/mol. The number of rotatable bonds is 28. The number of aliphatic hydroxyl groups excluding tert-OH is 2. The number of piperidine rings is 1. The molecule has 360 valence electrons. The van der Waals surface area contributed by atoms with Crippen molar-refractivity contribution in [1.82, 2.24) is 14.7 Å². The highest BCUT2D eigenvalue weighted by Gasteiger charge is 2.35. The van der Waals surface area contributed by atoms with Crippen LogP contribution in [0.4, 0.5) is 0 Å². The first-order chi connectivity index (χ1) is 27.7. The molecule has 2 unspecified atom stereocenters. The van der Waals surface area contributed by atoms with Crippen molar-refractivity contribution in [1.29, 1.82) is 0 Å². The van der Waals surface area contributed by atoms with Crippen molar-refractivity contribution < 1.29 is 32.7 Å². The molecule has 0 aromatic heterocycles. The lowest BCUT2D eigenvalue weighted by Gasteiger charge is -2.35. The molecule has 16 heteroatoms. The second-order valence-electron chi connectivity index (χ2n) is 23.1. The summed E-state index contributed by atoms with van der Waals surface area (Å²) in [5, 5.41) is 18.9. The minimum absolute atomic E-state index is 0.319. The van der Waals surface area contributed by atoms with Crippen molar-refractivity contribution in [3.8, 4) is 0 Å². The third kappa shape index (κ3) is 34.3. The van der Waals surface area contributed by atoms with E-state index in [4.69, 9.17) is 27.5 Å². The molecule has 3 rings (SSSR count). The van der Waals surface area contributed by atoms with Gasteiger partial charge >= 0.3 is 0 Å². The quantitative estimate of drug-likeness (QED) is 0.0449. The molecule has 2 N–H and O–H groups in total. The summed E-state index contributed by atoms with van der Waals surface area (Å²) in [6.45, 7) is 49.7. The third-order valence-electron chi connectivity index (χ3n) is 11.5. The number of nitrogens with zero attached hydrogens (tertiary/aromatic N) is 3. The molecule has 0 amide bonds. The number of piperazine rings is 1. The zero-order valence-corrected chi connectivity index (χ0v) is 48.5. The average Bonchev–Trinajstić information content (AvgIpc) is 3.95. The van der Waals surface area contributed by atoms with E-state index in [2.05, 4.69) is 113 Å². The molecule has 2 atom stereocenters. The largest absolute Gasteiger partial charge is 0.456 e. The molecule has 10 nitrogen and oxygen atoms in total. The van der Waals surface area contributed by atoms with E-state index in [1.165, 1.54) is 75.5 Å². The van der Waals surface area contributed by atoms with E-state index in [9.17, 15) is 5.11 Å². The standard InChI is InChI=1S/C22H52N2O3Si3.C15H36O3Si3.C7H15NO/c1-9-11-23-12-14-24(15-13-23)20-22(25)21-26-16-10-17-29(5,6)27-30(7,8)19-18-28(2,3)4;1-19(2,3)11-12-21(6,7)18-20(4,5)10-8-9-16-13-15-14-17-15;9-7-6-8-4-2-1-3-5-8/h22,25H,9-21H2,1-8H3;15H,8-14H2,1-7H3;9H,1-7H2. The molecule has 60 heavy (non-hydrogen) atoms. The van der Waals surface area contributed by atoms with Gasteiger partial charge in [0, 0.05) is 68.6 Å². The van der Waals surface area contributed by atoms with Gasteiger partial charge in [0.05, 0.1) is 32.5 Å². The number of ether oxygens (including phenoxy) is 3. The Morgan fingerprint density at radius 3 is 1.43 bits per heavy atom. The lowest BCUT2D eigenvalue weighted by Crippen LogP contribution is -2.49. The van der Waals surface area contributed by atoms with Crippen molar-refractivity contribution in [3.63, 3.8) is 0 Å². The smallest absolute Gasteiger partial charge is 0.173 e. The Morgan fingerprint density at radius 1 is 0.567 bits per heavy atom. The van der Waals surface area contributed by atoms with Crippen molar-refractivity contribution in [3.05, 3.63) is 0 Å². The molecule has 0 spiro atoms. The van der Waals surface area contributed by atoms with Crippen LogP contribution in [0.3, 0.4) is 0 Å². The third-order valence-corrected chi connectivity index (χ3v) is 30.9. The molecule has 0 bridgehead atoms. The fourth-order valence-electron chi connectivity index (χ4n) is 8.04. The van der Waals surface area contributed by atoms with Gasteiger partial charge in [0.25, 0.3) is 0 Å². The highest BCUT2D eigenvalue weighted by atomic mass is 28.4. The van der Waals surface area contributed by atoms with E-state index in [-0.39, 0.29) is 6.10 Å². The first kappa shape index (κ1) is 58.9. The number of likely N-dealkylation sites (tertiary alicyclic amines) is 1. The second-order valence-corrected chi connectivity index (χ2v) is 52.1. The maximum Gasteiger partial charge on any atom is 0.173 e. The van der Waals surface area contributed by atoms with Crippen LogP contribution >= 0.6 is 0 Å². The van der Waals surface area contributed by atoms with E-state index in [0.29, 0.717) is 19.3 Å². The van der Waals surface area contributed by atoms with E-state index in [1.807, 2.05) is 0 Å². The van der Waals surface area contributed by atoms with Gasteiger partial charge in [-0.15, -0.1) is 0 Å². The van der Waals surface area contributed by atoms with Crippen molar-refractivity contribution in [2.45, 2.75) is 186 Å². The topological polar surface area (TPSA) is 99.6 Å². The first-order valence-electron chi connectivity index (χ1n) is 24.4. The summed E-state index contributed by atoms with van der Waals surface area (Å²) in [5.41, 5.74) is 0. The molecule has 0 aromatic rings. The highest BCUT2D eigenvalue weighted by molar-refractivity contribution is 6.87. The van der Waals surface area contributed by atoms with Gasteiger partial charge in [0.15, 0.2) is 33.3 Å². The van der Waals surface area contributed by atoms with Crippen LogP contribution in [-0.2, 0) is 22.4 Å². The van der Waals surface area contributed by atoms with Crippen molar-refractivity contribution in [2.75, 3.05) is 98.5 Å². The molecule has 3 aliphatic heterocycles. The summed E-state index contributed by atoms with van der Waals surface area (Å²) in [6, 6.07) is 7.77. The second kappa shape index (κ2) is 29.5. The van der Waals surface area contributed by atoms with Gasteiger partial charge in [-0.3, -0.25) is 4.90 Å².